The van der Waals surface area contributed by atoms with Gasteiger partial charge in [-0.05, 0) is 23.8 Å². The Balaban J connectivity index is 2.09. The number of benzene rings is 2. The topological polar surface area (TPSA) is 38.3 Å². The Morgan fingerprint density at radius 2 is 1.81 bits per heavy atom. The molecule has 2 aromatic rings. The fourth-order valence-corrected chi connectivity index (χ4v) is 1.68. The van der Waals surface area contributed by atoms with Gasteiger partial charge in [-0.3, -0.25) is 4.79 Å². The van der Waals surface area contributed by atoms with Crippen molar-refractivity contribution in [1.29, 1.82) is 0 Å². The van der Waals surface area contributed by atoms with Gasteiger partial charge in [-0.25, -0.2) is 0 Å². The van der Waals surface area contributed by atoms with Gasteiger partial charge in [0.25, 0.3) is 5.91 Å². The number of carbonyl (C=O) groups excluding carboxylic acids is 1. The van der Waals surface area contributed by atoms with Crippen LogP contribution in [0.1, 0.15) is 15.9 Å². The first-order valence-electron chi connectivity index (χ1n) is 6.04. The quantitative estimate of drug-likeness (QED) is 0.939. The van der Waals surface area contributed by atoms with Crippen molar-refractivity contribution >= 4 is 5.91 Å². The van der Waals surface area contributed by atoms with Crippen LogP contribution in [0.3, 0.4) is 0 Å². The Labute approximate surface area is 119 Å². The molecule has 0 saturated carbocycles. The maximum Gasteiger partial charge on any atom is 0.573 e. The van der Waals surface area contributed by atoms with Gasteiger partial charge in [-0.1, -0.05) is 36.4 Å². The maximum absolute atomic E-state index is 12.3. The number of para-hydroxylation sites is 1. The molecule has 0 bridgehead atoms. The summed E-state index contributed by atoms with van der Waals surface area (Å²) >= 11 is 0. The molecule has 0 aliphatic heterocycles. The second-order valence-electron chi connectivity index (χ2n) is 4.13. The van der Waals surface area contributed by atoms with Gasteiger partial charge in [-0.2, -0.15) is 0 Å². The summed E-state index contributed by atoms with van der Waals surface area (Å²) in [6, 6.07) is 14.9. The van der Waals surface area contributed by atoms with E-state index >= 15 is 0 Å². The normalized spacial score (nSPS) is 11.0. The molecule has 1 N–H and O–H groups in total. The van der Waals surface area contributed by atoms with Crippen LogP contribution in [0, 0.1) is 6.07 Å². The third-order valence-electron chi connectivity index (χ3n) is 2.60. The van der Waals surface area contributed by atoms with E-state index in [-0.39, 0.29) is 12.1 Å². The van der Waals surface area contributed by atoms with Crippen molar-refractivity contribution < 1.29 is 22.7 Å². The van der Waals surface area contributed by atoms with Crippen molar-refractivity contribution in [3.05, 3.63) is 65.7 Å². The molecule has 0 saturated heterocycles. The number of ether oxygens (including phenoxy) is 1. The molecule has 109 valence electrons. The standard InChI is InChI=1S/C15H11F3NO2/c16-15(17,18)21-13-9-5-4-8-12(13)14(20)19-10-11-6-2-1-3-7-11/h2-9H,10H2,(H,19,20). The smallest absolute Gasteiger partial charge is 0.405 e. The number of amides is 1. The maximum atomic E-state index is 12.3. The van der Waals surface area contributed by atoms with Gasteiger partial charge in [-0.15, -0.1) is 13.2 Å². The molecule has 0 atom stereocenters. The zero-order valence-electron chi connectivity index (χ0n) is 10.8. The van der Waals surface area contributed by atoms with E-state index in [1.165, 1.54) is 18.2 Å². The highest BCUT2D eigenvalue weighted by atomic mass is 19.4. The molecule has 0 aromatic heterocycles. The first-order chi connectivity index (χ1) is 9.96. The second kappa shape index (κ2) is 6.30. The first kappa shape index (κ1) is 14.9. The lowest BCUT2D eigenvalue weighted by Crippen LogP contribution is -2.25. The van der Waals surface area contributed by atoms with Crippen LogP contribution in [-0.4, -0.2) is 12.3 Å². The number of halogens is 3. The summed E-state index contributed by atoms with van der Waals surface area (Å²) in [6.45, 7) is 0.202. The molecule has 0 unspecified atom stereocenters. The largest absolute Gasteiger partial charge is 0.573 e. The van der Waals surface area contributed by atoms with Crippen LogP contribution in [-0.2, 0) is 6.54 Å². The average molecular weight is 294 g/mol. The highest BCUT2D eigenvalue weighted by Crippen LogP contribution is 2.26. The van der Waals surface area contributed by atoms with Crippen LogP contribution in [0.5, 0.6) is 5.75 Å². The molecular weight excluding hydrogens is 283 g/mol. The fraction of sp³-hybridized carbons (Fsp3) is 0.133. The second-order valence-corrected chi connectivity index (χ2v) is 4.13. The summed E-state index contributed by atoms with van der Waals surface area (Å²) in [6.07, 6.45) is -4.84. The van der Waals surface area contributed by atoms with Crippen LogP contribution in [0.4, 0.5) is 13.2 Å². The Morgan fingerprint density at radius 1 is 1.14 bits per heavy atom. The molecular formula is C15H11F3NO2. The monoisotopic (exact) mass is 294 g/mol. The first-order valence-corrected chi connectivity index (χ1v) is 6.04. The molecule has 21 heavy (non-hydrogen) atoms. The van der Waals surface area contributed by atoms with Gasteiger partial charge in [0.15, 0.2) is 0 Å². The van der Waals surface area contributed by atoms with E-state index in [1.54, 1.807) is 24.3 Å². The van der Waals surface area contributed by atoms with Crippen molar-refractivity contribution in [3.63, 3.8) is 0 Å². The zero-order chi connectivity index (χ0) is 15.3. The minimum absolute atomic E-state index is 0.169. The van der Waals surface area contributed by atoms with Crippen LogP contribution >= 0.6 is 0 Å². The van der Waals surface area contributed by atoms with Gasteiger partial charge >= 0.3 is 6.36 Å². The number of alkyl halides is 3. The Bertz CT molecular complexity index is 612. The van der Waals surface area contributed by atoms with E-state index < -0.39 is 18.0 Å². The Hall–Kier alpha value is -2.50. The van der Waals surface area contributed by atoms with Gasteiger partial charge in [0.2, 0.25) is 0 Å². The summed E-state index contributed by atoms with van der Waals surface area (Å²) in [4.78, 5) is 12.0. The molecule has 2 aromatic carbocycles. The van der Waals surface area contributed by atoms with Crippen LogP contribution in [0.2, 0.25) is 0 Å². The van der Waals surface area contributed by atoms with E-state index in [0.717, 1.165) is 11.6 Å². The van der Waals surface area contributed by atoms with Crippen molar-refractivity contribution in [2.75, 3.05) is 0 Å². The van der Waals surface area contributed by atoms with Crippen LogP contribution < -0.4 is 10.1 Å². The summed E-state index contributed by atoms with van der Waals surface area (Å²) in [5.41, 5.74) is 0.647. The Kier molecular flexibility index (Phi) is 4.47. The van der Waals surface area contributed by atoms with Crippen LogP contribution in [0.15, 0.2) is 48.5 Å². The van der Waals surface area contributed by atoms with Gasteiger partial charge < -0.3 is 10.1 Å². The lowest BCUT2D eigenvalue weighted by Gasteiger charge is -2.13. The average Bonchev–Trinajstić information content (AvgIpc) is 2.45. The van der Waals surface area contributed by atoms with Crippen LogP contribution in [0.25, 0.3) is 0 Å². The number of nitrogens with one attached hydrogen (secondary N) is 1. The third-order valence-corrected chi connectivity index (χ3v) is 2.60. The van der Waals surface area contributed by atoms with Gasteiger partial charge in [0.05, 0.1) is 5.56 Å². The molecule has 0 aliphatic carbocycles. The SMILES string of the molecule is O=C(NCc1cc[c]cc1)c1ccccc1OC(F)(F)F. The number of hydrogen-bond donors (Lipinski definition) is 1. The van der Waals surface area contributed by atoms with Crippen molar-refractivity contribution in [3.8, 4) is 5.75 Å². The highest BCUT2D eigenvalue weighted by Gasteiger charge is 2.32. The minimum atomic E-state index is -4.84. The van der Waals surface area contributed by atoms with Crippen molar-refractivity contribution in [2.24, 2.45) is 0 Å². The molecule has 1 amide bonds. The lowest BCUT2D eigenvalue weighted by molar-refractivity contribution is -0.274. The zero-order valence-corrected chi connectivity index (χ0v) is 10.8. The predicted molar refractivity (Wildman–Crippen MR) is 69.6 cm³/mol. The summed E-state index contributed by atoms with van der Waals surface area (Å²) in [7, 11) is 0. The van der Waals surface area contributed by atoms with E-state index in [2.05, 4.69) is 16.1 Å². The molecule has 2 rings (SSSR count). The summed E-state index contributed by atoms with van der Waals surface area (Å²) in [5, 5.41) is 2.54. The fourth-order valence-electron chi connectivity index (χ4n) is 1.68. The van der Waals surface area contributed by atoms with Gasteiger partial charge in [0.1, 0.15) is 5.75 Å². The molecule has 6 heteroatoms. The van der Waals surface area contributed by atoms with E-state index in [9.17, 15) is 18.0 Å². The lowest BCUT2D eigenvalue weighted by atomic mass is 10.1. The summed E-state index contributed by atoms with van der Waals surface area (Å²) < 4.78 is 40.7. The van der Waals surface area contributed by atoms with E-state index in [1.807, 2.05) is 0 Å². The number of carbonyl (C=O) groups is 1. The predicted octanol–water partition coefficient (Wildman–Crippen LogP) is 3.32. The third kappa shape index (κ3) is 4.52. The number of rotatable bonds is 4. The molecule has 0 spiro atoms. The molecule has 1 radical (unpaired) electrons. The minimum Gasteiger partial charge on any atom is -0.405 e. The summed E-state index contributed by atoms with van der Waals surface area (Å²) in [5.74, 6) is -1.16. The van der Waals surface area contributed by atoms with Crippen molar-refractivity contribution in [2.45, 2.75) is 12.9 Å². The molecule has 3 nitrogen and oxygen atoms in total. The van der Waals surface area contributed by atoms with Gasteiger partial charge in [0, 0.05) is 6.54 Å². The molecule has 0 heterocycles. The van der Waals surface area contributed by atoms with E-state index in [4.69, 9.17) is 0 Å². The van der Waals surface area contributed by atoms with Crippen molar-refractivity contribution in [1.82, 2.24) is 5.32 Å². The highest BCUT2D eigenvalue weighted by molar-refractivity contribution is 5.96. The number of hydrogen-bond acceptors (Lipinski definition) is 2. The molecule has 0 fully saturated rings. The molecule has 0 aliphatic rings. The Morgan fingerprint density at radius 3 is 2.48 bits per heavy atom. The van der Waals surface area contributed by atoms with E-state index in [0.29, 0.717) is 0 Å².